The van der Waals surface area contributed by atoms with Gasteiger partial charge in [-0.25, -0.2) is 0 Å². The summed E-state index contributed by atoms with van der Waals surface area (Å²) < 4.78 is 0. The van der Waals surface area contributed by atoms with E-state index in [9.17, 15) is 4.79 Å². The van der Waals surface area contributed by atoms with E-state index >= 15 is 0 Å². The molecule has 0 bridgehead atoms. The summed E-state index contributed by atoms with van der Waals surface area (Å²) in [6.07, 6.45) is 6.43. The zero-order valence-electron chi connectivity index (χ0n) is 11.3. The third kappa shape index (κ3) is 2.98. The average molecular weight is 258 g/mol. The molecule has 1 aromatic rings. The fourth-order valence-corrected chi connectivity index (χ4v) is 3.33. The van der Waals surface area contributed by atoms with Crippen molar-refractivity contribution < 1.29 is 4.79 Å². The molecular weight excluding hydrogens is 236 g/mol. The second-order valence-corrected chi connectivity index (χ2v) is 5.70. The molecule has 1 fully saturated rings. The van der Waals surface area contributed by atoms with Crippen LogP contribution in [0.5, 0.6) is 0 Å². The number of fused-ring (bicyclic) bond motifs is 1. The lowest BCUT2D eigenvalue weighted by molar-refractivity contribution is -0.121. The Morgan fingerprint density at radius 3 is 3.00 bits per heavy atom. The van der Waals surface area contributed by atoms with Crippen LogP contribution < -0.4 is 10.6 Å². The van der Waals surface area contributed by atoms with E-state index in [1.165, 1.54) is 30.4 Å². The molecule has 19 heavy (non-hydrogen) atoms. The summed E-state index contributed by atoms with van der Waals surface area (Å²) in [5.41, 5.74) is 2.92. The van der Waals surface area contributed by atoms with E-state index in [1.807, 2.05) is 0 Å². The van der Waals surface area contributed by atoms with E-state index in [4.69, 9.17) is 0 Å². The van der Waals surface area contributed by atoms with Crippen LogP contribution in [-0.4, -0.2) is 18.5 Å². The fraction of sp³-hybridized carbons (Fsp3) is 0.562. The number of benzene rings is 1. The minimum atomic E-state index is 0.194. The Morgan fingerprint density at radius 2 is 2.05 bits per heavy atom. The van der Waals surface area contributed by atoms with E-state index in [0.717, 1.165) is 19.4 Å². The van der Waals surface area contributed by atoms with Crippen LogP contribution in [0.1, 0.15) is 49.3 Å². The van der Waals surface area contributed by atoms with Crippen molar-refractivity contribution in [1.82, 2.24) is 10.6 Å². The molecule has 1 saturated heterocycles. The monoisotopic (exact) mass is 258 g/mol. The minimum absolute atomic E-state index is 0.194. The molecule has 1 aliphatic carbocycles. The van der Waals surface area contributed by atoms with Crippen molar-refractivity contribution in [3.05, 3.63) is 35.4 Å². The molecule has 3 rings (SSSR count). The standard InChI is InChI=1S/C16H22N2O/c19-16-11-13(7-4-10-17-16)18-15-9-3-6-12-5-1-2-8-14(12)15/h1-2,5,8,13,15,18H,3-4,6-7,9-11H2,(H,17,19). The van der Waals surface area contributed by atoms with Gasteiger partial charge >= 0.3 is 0 Å². The van der Waals surface area contributed by atoms with E-state index < -0.39 is 0 Å². The first kappa shape index (κ1) is 12.7. The highest BCUT2D eigenvalue weighted by molar-refractivity contribution is 5.76. The van der Waals surface area contributed by atoms with Crippen molar-refractivity contribution in [1.29, 1.82) is 0 Å². The summed E-state index contributed by atoms with van der Waals surface area (Å²) >= 11 is 0. The van der Waals surface area contributed by atoms with Crippen molar-refractivity contribution >= 4 is 5.91 Å². The summed E-state index contributed by atoms with van der Waals surface area (Å²) in [4.78, 5) is 11.6. The number of nitrogens with one attached hydrogen (secondary N) is 2. The van der Waals surface area contributed by atoms with Gasteiger partial charge in [-0.2, -0.15) is 0 Å². The molecule has 1 amide bonds. The highest BCUT2D eigenvalue weighted by atomic mass is 16.1. The van der Waals surface area contributed by atoms with E-state index in [2.05, 4.69) is 34.9 Å². The van der Waals surface area contributed by atoms with Gasteiger partial charge in [-0.3, -0.25) is 4.79 Å². The molecular formula is C16H22N2O. The van der Waals surface area contributed by atoms with E-state index in [-0.39, 0.29) is 5.91 Å². The van der Waals surface area contributed by atoms with Crippen molar-refractivity contribution in [2.24, 2.45) is 0 Å². The van der Waals surface area contributed by atoms with E-state index in [0.29, 0.717) is 18.5 Å². The van der Waals surface area contributed by atoms with Gasteiger partial charge in [0.05, 0.1) is 0 Å². The summed E-state index contributed by atoms with van der Waals surface area (Å²) in [5.74, 6) is 0.194. The van der Waals surface area contributed by atoms with Crippen LogP contribution >= 0.6 is 0 Å². The summed E-state index contributed by atoms with van der Waals surface area (Å²) in [6, 6.07) is 9.49. The molecule has 3 nitrogen and oxygen atoms in total. The van der Waals surface area contributed by atoms with Crippen LogP contribution in [0.25, 0.3) is 0 Å². The molecule has 2 N–H and O–H groups in total. The smallest absolute Gasteiger partial charge is 0.221 e. The molecule has 0 radical (unpaired) electrons. The molecule has 1 aromatic carbocycles. The van der Waals surface area contributed by atoms with Gasteiger partial charge in [-0.05, 0) is 43.2 Å². The van der Waals surface area contributed by atoms with E-state index in [1.54, 1.807) is 0 Å². The zero-order chi connectivity index (χ0) is 13.1. The van der Waals surface area contributed by atoms with Crippen molar-refractivity contribution in [3.63, 3.8) is 0 Å². The normalized spacial score (nSPS) is 27.3. The lowest BCUT2D eigenvalue weighted by Crippen LogP contribution is -2.36. The van der Waals surface area contributed by atoms with Gasteiger partial charge in [0, 0.05) is 25.0 Å². The highest BCUT2D eigenvalue weighted by Gasteiger charge is 2.24. The Bertz CT molecular complexity index is 458. The molecule has 0 aromatic heterocycles. The number of amides is 1. The second kappa shape index (κ2) is 5.74. The summed E-state index contributed by atoms with van der Waals surface area (Å²) in [5, 5.41) is 6.68. The van der Waals surface area contributed by atoms with Crippen LogP contribution in [0, 0.1) is 0 Å². The Labute approximate surface area is 114 Å². The average Bonchev–Trinajstić information content (AvgIpc) is 2.63. The number of carbonyl (C=O) groups excluding carboxylic acids is 1. The molecule has 2 aliphatic rings. The van der Waals surface area contributed by atoms with Gasteiger partial charge in [0.25, 0.3) is 0 Å². The van der Waals surface area contributed by atoms with Crippen molar-refractivity contribution in [2.75, 3.05) is 6.54 Å². The first-order valence-corrected chi connectivity index (χ1v) is 7.43. The maximum Gasteiger partial charge on any atom is 0.221 e. The highest BCUT2D eigenvalue weighted by Crippen LogP contribution is 2.30. The maximum atomic E-state index is 11.6. The zero-order valence-corrected chi connectivity index (χ0v) is 11.3. The minimum Gasteiger partial charge on any atom is -0.356 e. The number of hydrogen-bond acceptors (Lipinski definition) is 2. The van der Waals surface area contributed by atoms with Crippen LogP contribution in [-0.2, 0) is 11.2 Å². The van der Waals surface area contributed by atoms with Crippen LogP contribution in [0.15, 0.2) is 24.3 Å². The lowest BCUT2D eigenvalue weighted by Gasteiger charge is -2.30. The number of carbonyl (C=O) groups is 1. The SMILES string of the molecule is O=C1CC(NC2CCCc3ccccc32)CCCN1. The van der Waals surface area contributed by atoms with Crippen molar-refractivity contribution in [3.8, 4) is 0 Å². The Morgan fingerprint density at radius 1 is 1.16 bits per heavy atom. The molecule has 1 heterocycles. The summed E-state index contributed by atoms with van der Waals surface area (Å²) in [6.45, 7) is 0.832. The number of hydrogen-bond donors (Lipinski definition) is 2. The quantitative estimate of drug-likeness (QED) is 0.855. The third-order valence-electron chi connectivity index (χ3n) is 4.29. The molecule has 2 atom stereocenters. The van der Waals surface area contributed by atoms with Gasteiger partial charge in [-0.15, -0.1) is 0 Å². The van der Waals surface area contributed by atoms with Crippen LogP contribution in [0.2, 0.25) is 0 Å². The number of rotatable bonds is 2. The first-order valence-electron chi connectivity index (χ1n) is 7.43. The molecule has 2 unspecified atom stereocenters. The molecule has 102 valence electrons. The first-order chi connectivity index (χ1) is 9.33. The van der Waals surface area contributed by atoms with Crippen LogP contribution in [0.3, 0.4) is 0 Å². The number of aryl methyl sites for hydroxylation is 1. The fourth-order valence-electron chi connectivity index (χ4n) is 3.33. The summed E-state index contributed by atoms with van der Waals surface area (Å²) in [7, 11) is 0. The predicted octanol–water partition coefficient (Wildman–Crippen LogP) is 2.32. The third-order valence-corrected chi connectivity index (χ3v) is 4.29. The maximum absolute atomic E-state index is 11.6. The Hall–Kier alpha value is -1.35. The van der Waals surface area contributed by atoms with Crippen molar-refractivity contribution in [2.45, 2.75) is 50.6 Å². The van der Waals surface area contributed by atoms with Gasteiger partial charge in [0.2, 0.25) is 5.91 Å². The Kier molecular flexibility index (Phi) is 3.83. The Balaban J connectivity index is 1.71. The predicted molar refractivity (Wildman–Crippen MR) is 75.9 cm³/mol. The molecule has 0 saturated carbocycles. The lowest BCUT2D eigenvalue weighted by atomic mass is 9.87. The molecule has 1 aliphatic heterocycles. The molecule has 3 heteroatoms. The van der Waals surface area contributed by atoms with Gasteiger partial charge in [-0.1, -0.05) is 24.3 Å². The van der Waals surface area contributed by atoms with Gasteiger partial charge in [0.1, 0.15) is 0 Å². The van der Waals surface area contributed by atoms with Gasteiger partial charge in [0.15, 0.2) is 0 Å². The second-order valence-electron chi connectivity index (χ2n) is 5.70. The molecule has 0 spiro atoms. The van der Waals surface area contributed by atoms with Gasteiger partial charge < -0.3 is 10.6 Å². The topological polar surface area (TPSA) is 41.1 Å². The largest absolute Gasteiger partial charge is 0.356 e. The van der Waals surface area contributed by atoms with Crippen LogP contribution in [0.4, 0.5) is 0 Å².